The van der Waals surface area contributed by atoms with Crippen LogP contribution in [0.15, 0.2) is 30.3 Å². The molecule has 1 aromatic rings. The van der Waals surface area contributed by atoms with E-state index < -0.39 is 23.1 Å². The fourth-order valence-corrected chi connectivity index (χ4v) is 3.47. The number of alkyl halides is 1. The summed E-state index contributed by atoms with van der Waals surface area (Å²) in [5.41, 5.74) is -1.94. The van der Waals surface area contributed by atoms with E-state index in [2.05, 4.69) is 0 Å². The molecule has 6 heteroatoms. The van der Waals surface area contributed by atoms with Gasteiger partial charge in [-0.1, -0.05) is 30.3 Å². The lowest BCUT2D eigenvalue weighted by atomic mass is 9.81. The highest BCUT2D eigenvalue weighted by atomic mass is 19.1. The molecular formula is C16H18FNO4. The number of nitrogens with zero attached hydrogens (tertiary/aromatic N) is 1. The molecule has 2 aliphatic rings. The van der Waals surface area contributed by atoms with E-state index in [1.54, 1.807) is 0 Å². The smallest absolute Gasteiger partial charge is 0.410 e. The van der Waals surface area contributed by atoms with Gasteiger partial charge < -0.3 is 14.7 Å². The van der Waals surface area contributed by atoms with Gasteiger partial charge >= 0.3 is 12.1 Å². The molecule has 118 valence electrons. The summed E-state index contributed by atoms with van der Waals surface area (Å²) in [5.74, 6) is -1.03. The second-order valence-electron chi connectivity index (χ2n) is 6.31. The topological polar surface area (TPSA) is 66.8 Å². The molecule has 2 bridgehead atoms. The Morgan fingerprint density at radius 2 is 1.95 bits per heavy atom. The number of benzene rings is 1. The lowest BCUT2D eigenvalue weighted by molar-refractivity contribution is -0.152. The van der Waals surface area contributed by atoms with Gasteiger partial charge in [0, 0.05) is 13.0 Å². The molecule has 3 rings (SSSR count). The predicted octanol–water partition coefficient (Wildman–Crippen LogP) is 2.60. The number of piperidine rings is 1. The van der Waals surface area contributed by atoms with Crippen LogP contribution in [0.5, 0.6) is 0 Å². The monoisotopic (exact) mass is 307 g/mol. The van der Waals surface area contributed by atoms with Crippen LogP contribution in [0.4, 0.5) is 9.18 Å². The third-order valence-corrected chi connectivity index (χ3v) is 4.59. The summed E-state index contributed by atoms with van der Waals surface area (Å²) >= 11 is 0. The maximum atomic E-state index is 14.6. The Hall–Kier alpha value is -2.11. The van der Waals surface area contributed by atoms with E-state index in [4.69, 9.17) is 4.74 Å². The van der Waals surface area contributed by atoms with Gasteiger partial charge in [0.1, 0.15) is 12.3 Å². The molecule has 2 atom stereocenters. The maximum Gasteiger partial charge on any atom is 0.410 e. The number of halogens is 1. The van der Waals surface area contributed by atoms with E-state index >= 15 is 0 Å². The van der Waals surface area contributed by atoms with Crippen molar-refractivity contribution in [3.05, 3.63) is 35.9 Å². The number of ether oxygens (including phenoxy) is 1. The van der Waals surface area contributed by atoms with Crippen molar-refractivity contribution in [3.8, 4) is 0 Å². The molecule has 0 spiro atoms. The molecule has 5 nitrogen and oxygen atoms in total. The number of amides is 1. The summed E-state index contributed by atoms with van der Waals surface area (Å²) < 4.78 is 19.8. The molecule has 1 aliphatic carbocycles. The van der Waals surface area contributed by atoms with Crippen molar-refractivity contribution in [2.45, 2.75) is 31.5 Å². The average molecular weight is 307 g/mol. The summed E-state index contributed by atoms with van der Waals surface area (Å²) in [6.45, 7) is 0.0206. The van der Waals surface area contributed by atoms with Gasteiger partial charge in [0.05, 0.1) is 12.0 Å². The molecule has 0 aromatic heterocycles. The molecule has 1 heterocycles. The first kappa shape index (κ1) is 14.8. The molecule has 0 radical (unpaired) electrons. The first-order chi connectivity index (χ1) is 10.4. The summed E-state index contributed by atoms with van der Waals surface area (Å²) in [7, 11) is 0. The summed E-state index contributed by atoms with van der Waals surface area (Å²) in [6, 6.07) is 9.17. The normalized spacial score (nSPS) is 30.1. The highest BCUT2D eigenvalue weighted by molar-refractivity contribution is 5.78. The second-order valence-corrected chi connectivity index (χ2v) is 6.31. The van der Waals surface area contributed by atoms with E-state index in [9.17, 15) is 19.1 Å². The number of aliphatic carboxylic acids is 1. The van der Waals surface area contributed by atoms with Crippen molar-refractivity contribution in [3.63, 3.8) is 0 Å². The van der Waals surface area contributed by atoms with Crippen LogP contribution in [0.25, 0.3) is 0 Å². The molecule has 1 amide bonds. The number of likely N-dealkylation sites (tertiary alicyclic amines) is 1. The van der Waals surface area contributed by atoms with Crippen molar-refractivity contribution in [2.24, 2.45) is 5.41 Å². The fourth-order valence-electron chi connectivity index (χ4n) is 3.47. The number of hydrogen-bond donors (Lipinski definition) is 1. The van der Waals surface area contributed by atoms with Gasteiger partial charge in [-0.2, -0.15) is 0 Å². The van der Waals surface area contributed by atoms with Crippen molar-refractivity contribution < 1.29 is 23.8 Å². The first-order valence-corrected chi connectivity index (χ1v) is 7.31. The third-order valence-electron chi connectivity index (χ3n) is 4.59. The van der Waals surface area contributed by atoms with Gasteiger partial charge in [0.2, 0.25) is 0 Å². The summed E-state index contributed by atoms with van der Waals surface area (Å²) in [5, 5.41) is 9.39. The summed E-state index contributed by atoms with van der Waals surface area (Å²) in [4.78, 5) is 24.8. The SMILES string of the molecule is O=C(OCc1ccccc1)N1CC2(F)CCC(C(=O)O)(C1)C2. The number of carbonyl (C=O) groups is 2. The average Bonchev–Trinajstić information content (AvgIpc) is 2.76. The van der Waals surface area contributed by atoms with E-state index in [1.165, 1.54) is 4.90 Å². The van der Waals surface area contributed by atoms with E-state index in [1.807, 2.05) is 30.3 Å². The molecule has 1 N–H and O–H groups in total. The number of rotatable bonds is 3. The molecule has 22 heavy (non-hydrogen) atoms. The minimum Gasteiger partial charge on any atom is -0.481 e. The zero-order valence-electron chi connectivity index (χ0n) is 12.1. The largest absolute Gasteiger partial charge is 0.481 e. The number of fused-ring (bicyclic) bond motifs is 2. The van der Waals surface area contributed by atoms with Crippen molar-refractivity contribution in [2.75, 3.05) is 13.1 Å². The third kappa shape index (κ3) is 2.65. The molecule has 1 aromatic carbocycles. The molecule has 1 saturated heterocycles. The molecule has 2 unspecified atom stereocenters. The highest BCUT2D eigenvalue weighted by Gasteiger charge is 2.59. The second kappa shape index (κ2) is 5.26. The first-order valence-electron chi connectivity index (χ1n) is 7.31. The Morgan fingerprint density at radius 1 is 1.23 bits per heavy atom. The molecule has 1 aliphatic heterocycles. The Morgan fingerprint density at radius 3 is 2.64 bits per heavy atom. The van der Waals surface area contributed by atoms with Crippen LogP contribution in [0.1, 0.15) is 24.8 Å². The van der Waals surface area contributed by atoms with Crippen LogP contribution in [0.2, 0.25) is 0 Å². The van der Waals surface area contributed by atoms with Crippen LogP contribution in [-0.2, 0) is 16.1 Å². The van der Waals surface area contributed by atoms with Crippen LogP contribution >= 0.6 is 0 Å². The van der Waals surface area contributed by atoms with E-state index in [0.717, 1.165) is 5.56 Å². The van der Waals surface area contributed by atoms with Crippen molar-refractivity contribution >= 4 is 12.1 Å². The van der Waals surface area contributed by atoms with Gasteiger partial charge in [-0.15, -0.1) is 0 Å². The molecular weight excluding hydrogens is 289 g/mol. The van der Waals surface area contributed by atoms with Gasteiger partial charge in [-0.3, -0.25) is 4.79 Å². The maximum absolute atomic E-state index is 14.6. The lowest BCUT2D eigenvalue weighted by Crippen LogP contribution is -2.53. The Kier molecular flexibility index (Phi) is 3.54. The van der Waals surface area contributed by atoms with Crippen molar-refractivity contribution in [1.82, 2.24) is 4.90 Å². The van der Waals surface area contributed by atoms with Crippen LogP contribution < -0.4 is 0 Å². The Bertz CT molecular complexity index is 593. The summed E-state index contributed by atoms with van der Waals surface area (Å²) in [6.07, 6.45) is -0.223. The van der Waals surface area contributed by atoms with Gasteiger partial charge in [-0.05, 0) is 18.4 Å². The fraction of sp³-hybridized carbons (Fsp3) is 0.500. The lowest BCUT2D eigenvalue weighted by Gasteiger charge is -2.39. The standard InChI is InChI=1S/C16H18FNO4/c17-16-7-6-15(9-16,13(19)20)10-18(11-16)14(21)22-8-12-4-2-1-3-5-12/h1-5H,6-11H2,(H,19,20). The zero-order chi connectivity index (χ0) is 15.8. The van der Waals surface area contributed by atoms with Crippen LogP contribution in [-0.4, -0.2) is 40.8 Å². The number of hydrogen-bond acceptors (Lipinski definition) is 3. The number of carboxylic acids is 1. The molecule has 1 saturated carbocycles. The van der Waals surface area contributed by atoms with Gasteiger partial charge in [-0.25, -0.2) is 9.18 Å². The van der Waals surface area contributed by atoms with Gasteiger partial charge in [0.25, 0.3) is 0 Å². The van der Waals surface area contributed by atoms with Crippen molar-refractivity contribution in [1.29, 1.82) is 0 Å². The quantitative estimate of drug-likeness (QED) is 0.932. The Balaban J connectivity index is 1.67. The highest BCUT2D eigenvalue weighted by Crippen LogP contribution is 2.51. The van der Waals surface area contributed by atoms with Gasteiger partial charge in [0.15, 0.2) is 0 Å². The van der Waals surface area contributed by atoms with E-state index in [-0.39, 0.29) is 39.0 Å². The van der Waals surface area contributed by atoms with E-state index in [0.29, 0.717) is 0 Å². The zero-order valence-corrected chi connectivity index (χ0v) is 12.1. The minimum absolute atomic E-state index is 0.0155. The predicted molar refractivity (Wildman–Crippen MR) is 76.0 cm³/mol. The number of carboxylic acid groups (broad SMARTS) is 1. The van der Waals surface area contributed by atoms with Crippen LogP contribution in [0, 0.1) is 5.41 Å². The Labute approximate surface area is 127 Å². The number of carbonyl (C=O) groups excluding carboxylic acids is 1. The minimum atomic E-state index is -1.61. The molecule has 2 fully saturated rings. The van der Waals surface area contributed by atoms with Crippen LogP contribution in [0.3, 0.4) is 0 Å².